The number of hydrogen-bond donors (Lipinski definition) is 0. The van der Waals surface area contributed by atoms with Gasteiger partial charge in [0.05, 0.1) is 5.39 Å². The van der Waals surface area contributed by atoms with Crippen LogP contribution in [0.2, 0.25) is 10.4 Å². The van der Waals surface area contributed by atoms with Gasteiger partial charge in [0.2, 0.25) is 5.28 Å². The van der Waals surface area contributed by atoms with Crippen LogP contribution in [0.1, 0.15) is 5.56 Å². The first-order valence-electron chi connectivity index (χ1n) is 5.58. The average Bonchev–Trinajstić information content (AvgIpc) is 2.76. The highest BCUT2D eigenvalue weighted by Gasteiger charge is 2.10. The molecule has 0 unspecified atom stereocenters. The molecule has 0 spiro atoms. The molecule has 0 aliphatic heterocycles. The van der Waals surface area contributed by atoms with Gasteiger partial charge in [-0.1, -0.05) is 29.3 Å². The van der Waals surface area contributed by atoms with Gasteiger partial charge >= 0.3 is 0 Å². The lowest BCUT2D eigenvalue weighted by molar-refractivity contribution is 1.17. The number of nitrogens with zero attached hydrogens (tertiary/aromatic N) is 3. The molecular weight excluding hydrogens is 301 g/mol. The van der Waals surface area contributed by atoms with Crippen molar-refractivity contribution >= 4 is 46.2 Å². The SMILES string of the molecule is Cc1ccc(Sn2ccc3c(Cl)nc(Cl)nc32)cc1. The fraction of sp³-hybridized carbons (Fsp3) is 0.0769. The van der Waals surface area contributed by atoms with Gasteiger partial charge in [0.15, 0.2) is 5.65 Å². The molecule has 0 atom stereocenters. The average molecular weight is 310 g/mol. The Kier molecular flexibility index (Phi) is 3.39. The third-order valence-electron chi connectivity index (χ3n) is 2.66. The molecule has 19 heavy (non-hydrogen) atoms. The van der Waals surface area contributed by atoms with Crippen molar-refractivity contribution in [3.05, 3.63) is 52.5 Å². The third kappa shape index (κ3) is 2.56. The number of hydrogen-bond acceptors (Lipinski definition) is 3. The van der Waals surface area contributed by atoms with Gasteiger partial charge in [-0.05, 0) is 48.7 Å². The topological polar surface area (TPSA) is 30.7 Å². The van der Waals surface area contributed by atoms with Gasteiger partial charge in [-0.15, -0.1) is 0 Å². The van der Waals surface area contributed by atoms with E-state index in [0.717, 1.165) is 15.9 Å². The zero-order valence-electron chi connectivity index (χ0n) is 9.97. The molecule has 2 aromatic heterocycles. The minimum atomic E-state index is 0.155. The minimum absolute atomic E-state index is 0.155. The monoisotopic (exact) mass is 309 g/mol. The summed E-state index contributed by atoms with van der Waals surface area (Å²) < 4.78 is 1.93. The minimum Gasteiger partial charge on any atom is -0.271 e. The molecule has 1 aromatic carbocycles. The second-order valence-electron chi connectivity index (χ2n) is 4.07. The number of benzene rings is 1. The maximum atomic E-state index is 6.04. The van der Waals surface area contributed by atoms with E-state index < -0.39 is 0 Å². The van der Waals surface area contributed by atoms with Crippen LogP contribution in [0.3, 0.4) is 0 Å². The Morgan fingerprint density at radius 1 is 1.05 bits per heavy atom. The highest BCUT2D eigenvalue weighted by Crippen LogP contribution is 2.29. The largest absolute Gasteiger partial charge is 0.271 e. The Morgan fingerprint density at radius 3 is 2.53 bits per heavy atom. The van der Waals surface area contributed by atoms with E-state index in [2.05, 4.69) is 41.2 Å². The van der Waals surface area contributed by atoms with E-state index in [1.165, 1.54) is 5.56 Å². The number of aryl methyl sites for hydroxylation is 1. The molecule has 0 fully saturated rings. The fourth-order valence-electron chi connectivity index (χ4n) is 1.72. The van der Waals surface area contributed by atoms with Gasteiger partial charge in [0.1, 0.15) is 5.15 Å². The zero-order chi connectivity index (χ0) is 13.4. The van der Waals surface area contributed by atoms with Crippen molar-refractivity contribution in [2.24, 2.45) is 0 Å². The fourth-order valence-corrected chi connectivity index (χ4v) is 2.98. The van der Waals surface area contributed by atoms with Crippen LogP contribution in [0, 0.1) is 6.92 Å². The van der Waals surface area contributed by atoms with Crippen LogP contribution in [0.25, 0.3) is 11.0 Å². The molecule has 6 heteroatoms. The van der Waals surface area contributed by atoms with Crippen molar-refractivity contribution in [3.63, 3.8) is 0 Å². The Hall–Kier alpha value is -1.23. The van der Waals surface area contributed by atoms with Crippen LogP contribution in [0.5, 0.6) is 0 Å². The second kappa shape index (κ2) is 5.04. The normalized spacial score (nSPS) is 11.1. The maximum Gasteiger partial charge on any atom is 0.225 e. The van der Waals surface area contributed by atoms with Crippen molar-refractivity contribution in [3.8, 4) is 0 Å². The molecule has 0 saturated carbocycles. The number of rotatable bonds is 2. The third-order valence-corrected chi connectivity index (χ3v) is 4.09. The summed E-state index contributed by atoms with van der Waals surface area (Å²) in [4.78, 5) is 9.27. The maximum absolute atomic E-state index is 6.04. The highest BCUT2D eigenvalue weighted by molar-refractivity contribution is 7.98. The summed E-state index contributed by atoms with van der Waals surface area (Å²) >= 11 is 13.4. The van der Waals surface area contributed by atoms with Gasteiger partial charge < -0.3 is 0 Å². The zero-order valence-corrected chi connectivity index (χ0v) is 12.3. The van der Waals surface area contributed by atoms with Gasteiger partial charge in [0.25, 0.3) is 0 Å². The standard InChI is InChI=1S/C13H9Cl2N3S/c1-8-2-4-9(5-3-8)19-18-7-6-10-11(14)16-13(15)17-12(10)18/h2-7H,1H3. The summed E-state index contributed by atoms with van der Waals surface area (Å²) in [5.74, 6) is 0. The van der Waals surface area contributed by atoms with E-state index in [1.54, 1.807) is 11.9 Å². The van der Waals surface area contributed by atoms with E-state index in [1.807, 2.05) is 16.2 Å². The molecule has 0 N–H and O–H groups in total. The summed E-state index contributed by atoms with van der Waals surface area (Å²) in [6.45, 7) is 2.06. The van der Waals surface area contributed by atoms with Crippen molar-refractivity contribution in [1.82, 2.24) is 13.9 Å². The highest BCUT2D eigenvalue weighted by atomic mass is 35.5. The Bertz CT molecular complexity index is 737. The van der Waals surface area contributed by atoms with Gasteiger partial charge in [-0.25, -0.2) is 4.98 Å². The van der Waals surface area contributed by atoms with Gasteiger partial charge in [-0.2, -0.15) is 4.98 Å². The molecule has 0 saturated heterocycles. The van der Waals surface area contributed by atoms with Crippen LogP contribution in [-0.4, -0.2) is 13.9 Å². The Balaban J connectivity index is 2.03. The summed E-state index contributed by atoms with van der Waals surface area (Å²) in [6, 6.07) is 10.2. The van der Waals surface area contributed by atoms with Gasteiger partial charge in [-0.3, -0.25) is 3.97 Å². The summed E-state index contributed by atoms with van der Waals surface area (Å²) in [5, 5.41) is 1.32. The lowest BCUT2D eigenvalue weighted by Crippen LogP contribution is -1.90. The van der Waals surface area contributed by atoms with Crippen molar-refractivity contribution in [2.45, 2.75) is 11.8 Å². The molecule has 3 rings (SSSR count). The van der Waals surface area contributed by atoms with E-state index >= 15 is 0 Å². The molecule has 3 aromatic rings. The summed E-state index contributed by atoms with van der Waals surface area (Å²) in [6.07, 6.45) is 1.91. The lowest BCUT2D eigenvalue weighted by Gasteiger charge is -2.04. The summed E-state index contributed by atoms with van der Waals surface area (Å²) in [5.41, 5.74) is 1.95. The molecule has 0 radical (unpaired) electrons. The number of fused-ring (bicyclic) bond motifs is 1. The van der Waals surface area contributed by atoms with Crippen LogP contribution >= 0.6 is 35.1 Å². The van der Waals surface area contributed by atoms with E-state index in [9.17, 15) is 0 Å². The van der Waals surface area contributed by atoms with E-state index in [0.29, 0.717) is 5.15 Å². The smallest absolute Gasteiger partial charge is 0.225 e. The van der Waals surface area contributed by atoms with E-state index in [4.69, 9.17) is 23.2 Å². The van der Waals surface area contributed by atoms with Crippen molar-refractivity contribution in [1.29, 1.82) is 0 Å². The van der Waals surface area contributed by atoms with Crippen LogP contribution in [0.15, 0.2) is 41.4 Å². The molecule has 0 aliphatic carbocycles. The lowest BCUT2D eigenvalue weighted by atomic mass is 10.2. The number of halogens is 2. The van der Waals surface area contributed by atoms with Crippen LogP contribution in [0.4, 0.5) is 0 Å². The predicted molar refractivity (Wildman–Crippen MR) is 80.0 cm³/mol. The van der Waals surface area contributed by atoms with Crippen LogP contribution < -0.4 is 0 Å². The van der Waals surface area contributed by atoms with Crippen LogP contribution in [-0.2, 0) is 0 Å². The molecule has 0 bridgehead atoms. The first-order valence-corrected chi connectivity index (χ1v) is 7.11. The molecule has 0 amide bonds. The van der Waals surface area contributed by atoms with Gasteiger partial charge in [0, 0.05) is 11.1 Å². The molecule has 96 valence electrons. The van der Waals surface area contributed by atoms with Crippen molar-refractivity contribution in [2.75, 3.05) is 0 Å². The Labute approximate surface area is 124 Å². The first kappa shape index (κ1) is 12.8. The molecular formula is C13H9Cl2N3S. The van der Waals surface area contributed by atoms with Crippen molar-refractivity contribution < 1.29 is 0 Å². The molecule has 0 aliphatic rings. The predicted octanol–water partition coefficient (Wildman–Crippen LogP) is 4.60. The second-order valence-corrected chi connectivity index (χ2v) is 5.81. The number of aromatic nitrogens is 3. The Morgan fingerprint density at radius 2 is 1.79 bits per heavy atom. The molecule has 3 nitrogen and oxygen atoms in total. The quantitative estimate of drug-likeness (QED) is 0.512. The van der Waals surface area contributed by atoms with E-state index in [-0.39, 0.29) is 5.28 Å². The molecule has 2 heterocycles. The summed E-state index contributed by atoms with van der Waals surface area (Å²) in [7, 11) is 0. The first-order chi connectivity index (χ1) is 9.13.